The molecule has 1 aromatic carbocycles. The summed E-state index contributed by atoms with van der Waals surface area (Å²) in [6.07, 6.45) is 0.825. The molecule has 5 nitrogen and oxygen atoms in total. The number of nitrogens with zero attached hydrogens (tertiary/aromatic N) is 2. The number of hydrogen-bond acceptors (Lipinski definition) is 3. The molecule has 138 valence electrons. The molecule has 0 N–H and O–H groups in total. The lowest BCUT2D eigenvalue weighted by Gasteiger charge is -2.22. The van der Waals surface area contributed by atoms with Crippen molar-refractivity contribution in [3.8, 4) is 0 Å². The Kier molecular flexibility index (Phi) is 4.90. The van der Waals surface area contributed by atoms with Gasteiger partial charge in [-0.3, -0.25) is 4.79 Å². The fraction of sp³-hybridized carbons (Fsp3) is 0.429. The molecule has 1 atom stereocenters. The summed E-state index contributed by atoms with van der Waals surface area (Å²) in [6, 6.07) is 10.0. The predicted octanol–water partition coefficient (Wildman–Crippen LogP) is 3.82. The minimum atomic E-state index is -0.446. The fourth-order valence-electron chi connectivity index (χ4n) is 4.00. The third-order valence-corrected chi connectivity index (χ3v) is 5.02. The lowest BCUT2D eigenvalue weighted by molar-refractivity contribution is -0.122. The van der Waals surface area contributed by atoms with Gasteiger partial charge in [0.1, 0.15) is 0 Å². The molecule has 0 fully saturated rings. The molecule has 0 aliphatic carbocycles. The predicted molar refractivity (Wildman–Crippen MR) is 102 cm³/mol. The number of carbonyl (C=O) groups excluding carboxylic acids is 2. The van der Waals surface area contributed by atoms with Crippen molar-refractivity contribution in [2.75, 3.05) is 11.5 Å². The highest BCUT2D eigenvalue weighted by Gasteiger charge is 2.31. The first-order chi connectivity index (χ1) is 12.3. The van der Waals surface area contributed by atoms with Crippen LogP contribution in [0.4, 0.5) is 5.69 Å². The van der Waals surface area contributed by atoms with Crippen LogP contribution < -0.4 is 4.90 Å². The molecular weight excluding hydrogens is 328 g/mol. The second-order valence-electron chi connectivity index (χ2n) is 7.27. The Bertz CT molecular complexity index is 851. The van der Waals surface area contributed by atoms with Crippen LogP contribution in [0.5, 0.6) is 0 Å². The van der Waals surface area contributed by atoms with Crippen LogP contribution in [0.25, 0.3) is 0 Å². The quantitative estimate of drug-likeness (QED) is 0.784. The molecule has 5 heteroatoms. The molecule has 3 rings (SSSR count). The first kappa shape index (κ1) is 18.2. The molecule has 26 heavy (non-hydrogen) atoms. The number of anilines is 1. The maximum Gasteiger partial charge on any atom is 0.340 e. The Morgan fingerprint density at radius 3 is 2.58 bits per heavy atom. The summed E-state index contributed by atoms with van der Waals surface area (Å²) in [6.45, 7) is 9.79. The lowest BCUT2D eigenvalue weighted by Crippen LogP contribution is -2.38. The number of fused-ring (bicyclic) bond motifs is 1. The van der Waals surface area contributed by atoms with E-state index < -0.39 is 5.97 Å². The van der Waals surface area contributed by atoms with Crippen LogP contribution >= 0.6 is 0 Å². The second kappa shape index (κ2) is 6.98. The van der Waals surface area contributed by atoms with Crippen LogP contribution in [-0.4, -0.2) is 29.1 Å². The monoisotopic (exact) mass is 354 g/mol. The minimum Gasteiger partial charge on any atom is -0.452 e. The maximum atomic E-state index is 12.7. The van der Waals surface area contributed by atoms with Crippen LogP contribution in [0.3, 0.4) is 0 Å². The second-order valence-corrected chi connectivity index (χ2v) is 7.27. The van der Waals surface area contributed by atoms with Crippen molar-refractivity contribution in [2.24, 2.45) is 0 Å². The number of aromatic nitrogens is 1. The molecule has 0 saturated heterocycles. The number of rotatable bonds is 4. The number of aryl methyl sites for hydroxylation is 1. The molecule has 0 saturated carbocycles. The number of hydrogen-bond donors (Lipinski definition) is 0. The smallest absolute Gasteiger partial charge is 0.340 e. The van der Waals surface area contributed by atoms with E-state index in [-0.39, 0.29) is 24.6 Å². The molecule has 1 aliphatic heterocycles. The van der Waals surface area contributed by atoms with Gasteiger partial charge in [0.2, 0.25) is 0 Å². The lowest BCUT2D eigenvalue weighted by atomic mass is 10.1. The Hall–Kier alpha value is -2.56. The van der Waals surface area contributed by atoms with E-state index in [1.807, 2.05) is 51.1 Å². The highest BCUT2D eigenvalue weighted by Crippen LogP contribution is 2.31. The van der Waals surface area contributed by atoms with Gasteiger partial charge in [-0.2, -0.15) is 0 Å². The van der Waals surface area contributed by atoms with Gasteiger partial charge in [-0.15, -0.1) is 0 Å². The van der Waals surface area contributed by atoms with Crippen LogP contribution in [-0.2, 0) is 16.0 Å². The normalized spacial score (nSPS) is 16.1. The highest BCUT2D eigenvalue weighted by molar-refractivity contribution is 5.99. The first-order valence-corrected chi connectivity index (χ1v) is 9.06. The van der Waals surface area contributed by atoms with Gasteiger partial charge in [0.05, 0.1) is 5.56 Å². The summed E-state index contributed by atoms with van der Waals surface area (Å²) in [5.41, 5.74) is 4.48. The van der Waals surface area contributed by atoms with Gasteiger partial charge in [-0.25, -0.2) is 4.79 Å². The highest BCUT2D eigenvalue weighted by atomic mass is 16.5. The zero-order valence-electron chi connectivity index (χ0n) is 16.1. The summed E-state index contributed by atoms with van der Waals surface area (Å²) in [7, 11) is 0. The van der Waals surface area contributed by atoms with E-state index in [2.05, 4.69) is 18.4 Å². The first-order valence-electron chi connectivity index (χ1n) is 9.06. The fourth-order valence-corrected chi connectivity index (χ4v) is 4.00. The molecule has 1 amide bonds. The Morgan fingerprint density at radius 1 is 1.23 bits per heavy atom. The Morgan fingerprint density at radius 2 is 1.92 bits per heavy atom. The number of benzene rings is 1. The van der Waals surface area contributed by atoms with Crippen LogP contribution in [0.15, 0.2) is 30.3 Å². The van der Waals surface area contributed by atoms with E-state index in [0.29, 0.717) is 5.56 Å². The third kappa shape index (κ3) is 3.14. The number of ether oxygens (including phenoxy) is 1. The largest absolute Gasteiger partial charge is 0.452 e. The summed E-state index contributed by atoms with van der Waals surface area (Å²) in [4.78, 5) is 26.9. The SMILES string of the molecule is Cc1cc(C(=O)OCC(=O)N2c3ccccc3C[C@H]2C)c(C)n1C(C)C. The van der Waals surface area contributed by atoms with Gasteiger partial charge in [0, 0.05) is 29.2 Å². The number of para-hydroxylation sites is 1. The van der Waals surface area contributed by atoms with Crippen molar-refractivity contribution in [3.05, 3.63) is 52.8 Å². The van der Waals surface area contributed by atoms with E-state index in [1.54, 1.807) is 4.90 Å². The van der Waals surface area contributed by atoms with Crippen molar-refractivity contribution in [2.45, 2.75) is 53.1 Å². The van der Waals surface area contributed by atoms with Gasteiger partial charge >= 0.3 is 5.97 Å². The third-order valence-electron chi connectivity index (χ3n) is 5.02. The van der Waals surface area contributed by atoms with Gasteiger partial charge in [0.25, 0.3) is 5.91 Å². The molecule has 1 aromatic heterocycles. The van der Waals surface area contributed by atoms with E-state index in [0.717, 1.165) is 29.1 Å². The number of esters is 1. The van der Waals surface area contributed by atoms with Gasteiger partial charge in [0.15, 0.2) is 6.61 Å². The van der Waals surface area contributed by atoms with Crippen LogP contribution in [0.2, 0.25) is 0 Å². The topological polar surface area (TPSA) is 51.5 Å². The summed E-state index contributed by atoms with van der Waals surface area (Å²) in [5, 5.41) is 0. The number of carbonyl (C=O) groups is 2. The van der Waals surface area contributed by atoms with Gasteiger partial charge < -0.3 is 14.2 Å². The standard InChI is InChI=1S/C21H26N2O3/c1-13(2)22-15(4)11-18(16(22)5)21(25)26-12-20(24)23-14(3)10-17-8-6-7-9-19(17)23/h6-9,11,13-14H,10,12H2,1-5H3/t14-/m1/s1. The van der Waals surface area contributed by atoms with Crippen molar-refractivity contribution >= 4 is 17.6 Å². The molecule has 0 spiro atoms. The van der Waals surface area contributed by atoms with E-state index >= 15 is 0 Å². The molecule has 0 radical (unpaired) electrons. The molecule has 2 heterocycles. The summed E-state index contributed by atoms with van der Waals surface area (Å²) >= 11 is 0. The minimum absolute atomic E-state index is 0.0737. The van der Waals surface area contributed by atoms with Crippen molar-refractivity contribution < 1.29 is 14.3 Å². The molecule has 2 aromatic rings. The average Bonchev–Trinajstić information content (AvgIpc) is 3.07. The summed E-state index contributed by atoms with van der Waals surface area (Å²) < 4.78 is 7.45. The molecular formula is C21H26N2O3. The van der Waals surface area contributed by atoms with E-state index in [4.69, 9.17) is 4.74 Å². The Labute approximate surface area is 154 Å². The molecule has 0 bridgehead atoms. The van der Waals surface area contributed by atoms with Crippen molar-refractivity contribution in [1.82, 2.24) is 4.57 Å². The summed E-state index contributed by atoms with van der Waals surface area (Å²) in [5.74, 6) is -0.632. The van der Waals surface area contributed by atoms with E-state index in [9.17, 15) is 9.59 Å². The number of amides is 1. The maximum absolute atomic E-state index is 12.7. The Balaban J connectivity index is 1.71. The van der Waals surface area contributed by atoms with Crippen LogP contribution in [0, 0.1) is 13.8 Å². The van der Waals surface area contributed by atoms with Crippen molar-refractivity contribution in [1.29, 1.82) is 0 Å². The molecule has 0 unspecified atom stereocenters. The zero-order valence-corrected chi connectivity index (χ0v) is 16.1. The molecule has 1 aliphatic rings. The van der Waals surface area contributed by atoms with E-state index in [1.165, 1.54) is 0 Å². The zero-order chi connectivity index (χ0) is 19.0. The average molecular weight is 354 g/mol. The van der Waals surface area contributed by atoms with Gasteiger partial charge in [-0.05, 0) is 58.7 Å². The van der Waals surface area contributed by atoms with Crippen molar-refractivity contribution in [3.63, 3.8) is 0 Å². The van der Waals surface area contributed by atoms with Gasteiger partial charge in [-0.1, -0.05) is 18.2 Å². The van der Waals surface area contributed by atoms with Crippen LogP contribution in [0.1, 0.15) is 54.1 Å².